The van der Waals surface area contributed by atoms with Crippen LogP contribution in [-0.2, 0) is 4.74 Å². The standard InChI is InChI=1S/C9H7BrCl3NO2/c1-5(9(11,12)13)16-8(15)7-6(10)3-2-4-14-7/h2-5H,1H3. The summed E-state index contributed by atoms with van der Waals surface area (Å²) in [6.45, 7) is 1.49. The van der Waals surface area contributed by atoms with Crippen molar-refractivity contribution in [3.05, 3.63) is 28.5 Å². The van der Waals surface area contributed by atoms with Crippen molar-refractivity contribution < 1.29 is 9.53 Å². The number of hydrogen-bond donors (Lipinski definition) is 0. The molecule has 3 nitrogen and oxygen atoms in total. The average Bonchev–Trinajstić information content (AvgIpc) is 2.16. The van der Waals surface area contributed by atoms with Gasteiger partial charge < -0.3 is 4.74 Å². The highest BCUT2D eigenvalue weighted by Gasteiger charge is 2.32. The number of pyridine rings is 1. The number of esters is 1. The molecular weight excluding hydrogens is 340 g/mol. The maximum absolute atomic E-state index is 11.6. The first-order valence-electron chi connectivity index (χ1n) is 4.20. The van der Waals surface area contributed by atoms with Crippen molar-refractivity contribution in [3.63, 3.8) is 0 Å². The van der Waals surface area contributed by atoms with E-state index in [0.29, 0.717) is 4.47 Å². The highest BCUT2D eigenvalue weighted by Crippen LogP contribution is 2.32. The molecule has 0 aliphatic rings. The summed E-state index contributed by atoms with van der Waals surface area (Å²) < 4.78 is 3.82. The Hall–Kier alpha value is -0.0300. The molecule has 0 radical (unpaired) electrons. The summed E-state index contributed by atoms with van der Waals surface area (Å²) in [6, 6.07) is 3.35. The van der Waals surface area contributed by atoms with E-state index in [2.05, 4.69) is 20.9 Å². The summed E-state index contributed by atoms with van der Waals surface area (Å²) in [5.74, 6) is -0.647. The molecule has 1 heterocycles. The third kappa shape index (κ3) is 3.77. The number of nitrogens with zero attached hydrogens (tertiary/aromatic N) is 1. The van der Waals surface area contributed by atoms with Gasteiger partial charge in [0.2, 0.25) is 3.79 Å². The van der Waals surface area contributed by atoms with Crippen molar-refractivity contribution in [2.45, 2.75) is 16.8 Å². The molecule has 88 valence electrons. The van der Waals surface area contributed by atoms with Gasteiger partial charge in [0.1, 0.15) is 6.10 Å². The number of hydrogen-bond acceptors (Lipinski definition) is 3. The fourth-order valence-electron chi connectivity index (χ4n) is 0.819. The van der Waals surface area contributed by atoms with Gasteiger partial charge >= 0.3 is 5.97 Å². The fourth-order valence-corrected chi connectivity index (χ4v) is 1.37. The predicted octanol–water partition coefficient (Wildman–Crippen LogP) is 3.76. The van der Waals surface area contributed by atoms with Crippen LogP contribution in [0.25, 0.3) is 0 Å². The van der Waals surface area contributed by atoms with Crippen LogP contribution in [0.5, 0.6) is 0 Å². The summed E-state index contributed by atoms with van der Waals surface area (Å²) >= 11 is 19.9. The second-order valence-corrected chi connectivity index (χ2v) is 6.15. The number of alkyl halides is 3. The van der Waals surface area contributed by atoms with Crippen LogP contribution in [0.1, 0.15) is 17.4 Å². The highest BCUT2D eigenvalue weighted by atomic mass is 79.9. The van der Waals surface area contributed by atoms with Crippen molar-refractivity contribution in [2.75, 3.05) is 0 Å². The van der Waals surface area contributed by atoms with Crippen molar-refractivity contribution in [2.24, 2.45) is 0 Å². The fraction of sp³-hybridized carbons (Fsp3) is 0.333. The van der Waals surface area contributed by atoms with Gasteiger partial charge in [0.15, 0.2) is 5.69 Å². The van der Waals surface area contributed by atoms with E-state index in [1.54, 1.807) is 12.1 Å². The molecule has 0 aliphatic carbocycles. The van der Waals surface area contributed by atoms with Crippen LogP contribution in [-0.4, -0.2) is 20.8 Å². The van der Waals surface area contributed by atoms with Crippen molar-refractivity contribution in [1.82, 2.24) is 4.98 Å². The molecule has 1 unspecified atom stereocenters. The number of rotatable bonds is 2. The van der Waals surface area contributed by atoms with Crippen LogP contribution in [0, 0.1) is 0 Å². The number of ether oxygens (including phenoxy) is 1. The van der Waals surface area contributed by atoms with E-state index < -0.39 is 15.9 Å². The molecule has 1 atom stereocenters. The predicted molar refractivity (Wildman–Crippen MR) is 67.1 cm³/mol. The number of halogens is 4. The summed E-state index contributed by atoms with van der Waals surface area (Å²) in [4.78, 5) is 15.5. The Kier molecular flexibility index (Phi) is 4.86. The third-order valence-corrected chi connectivity index (χ3v) is 3.26. The van der Waals surface area contributed by atoms with E-state index in [-0.39, 0.29) is 5.69 Å². The van der Waals surface area contributed by atoms with E-state index in [1.807, 2.05) is 0 Å². The summed E-state index contributed by atoms with van der Waals surface area (Å²) in [7, 11) is 0. The van der Waals surface area contributed by atoms with Gasteiger partial charge in [0.05, 0.1) is 4.47 Å². The molecule has 0 aromatic carbocycles. The lowest BCUT2D eigenvalue weighted by molar-refractivity contribution is 0.0341. The second kappa shape index (κ2) is 5.54. The second-order valence-electron chi connectivity index (χ2n) is 2.92. The lowest BCUT2D eigenvalue weighted by atomic mass is 10.3. The minimum atomic E-state index is -1.66. The lowest BCUT2D eigenvalue weighted by Gasteiger charge is -2.20. The Bertz CT molecular complexity index is 395. The molecule has 7 heteroatoms. The molecule has 1 aromatic rings. The van der Waals surface area contributed by atoms with Gasteiger partial charge in [0.25, 0.3) is 0 Å². The van der Waals surface area contributed by atoms with Crippen LogP contribution in [0.2, 0.25) is 0 Å². The Balaban J connectivity index is 2.78. The minimum absolute atomic E-state index is 0.142. The zero-order valence-electron chi connectivity index (χ0n) is 8.08. The van der Waals surface area contributed by atoms with E-state index in [9.17, 15) is 4.79 Å². The Morgan fingerprint density at radius 1 is 1.56 bits per heavy atom. The highest BCUT2D eigenvalue weighted by molar-refractivity contribution is 9.10. The van der Waals surface area contributed by atoms with Gasteiger partial charge in [-0.05, 0) is 35.0 Å². The summed E-state index contributed by atoms with van der Waals surface area (Å²) in [6.07, 6.45) is 0.611. The van der Waals surface area contributed by atoms with Gasteiger partial charge in [-0.2, -0.15) is 0 Å². The largest absolute Gasteiger partial charge is 0.453 e. The summed E-state index contributed by atoms with van der Waals surface area (Å²) in [5.41, 5.74) is 0.142. The first-order valence-corrected chi connectivity index (χ1v) is 6.13. The SMILES string of the molecule is CC(OC(=O)c1ncccc1Br)C(Cl)(Cl)Cl. The first kappa shape index (κ1) is 14.0. The minimum Gasteiger partial charge on any atom is -0.453 e. The normalized spacial score (nSPS) is 13.3. The van der Waals surface area contributed by atoms with Crippen LogP contribution in [0.3, 0.4) is 0 Å². The molecular formula is C9H7BrCl3NO2. The molecule has 1 aromatic heterocycles. The molecule has 0 N–H and O–H groups in total. The van der Waals surface area contributed by atoms with Gasteiger partial charge in [0, 0.05) is 6.20 Å². The van der Waals surface area contributed by atoms with Gasteiger partial charge in [-0.15, -0.1) is 0 Å². The van der Waals surface area contributed by atoms with Crippen LogP contribution in [0.4, 0.5) is 0 Å². The van der Waals surface area contributed by atoms with Gasteiger partial charge in [-0.1, -0.05) is 34.8 Å². The molecule has 0 saturated heterocycles. The smallest absolute Gasteiger partial charge is 0.358 e. The van der Waals surface area contributed by atoms with Gasteiger partial charge in [-0.3, -0.25) is 0 Å². The van der Waals surface area contributed by atoms with Crippen LogP contribution < -0.4 is 0 Å². The van der Waals surface area contributed by atoms with E-state index in [4.69, 9.17) is 39.5 Å². The molecule has 0 saturated carbocycles. The topological polar surface area (TPSA) is 39.2 Å². The summed E-state index contributed by atoms with van der Waals surface area (Å²) in [5, 5.41) is 0. The zero-order chi connectivity index (χ0) is 12.3. The number of carbonyl (C=O) groups excluding carboxylic acids is 1. The molecule has 1 rings (SSSR count). The number of carbonyl (C=O) groups is 1. The van der Waals surface area contributed by atoms with E-state index in [0.717, 1.165) is 0 Å². The molecule has 0 fully saturated rings. The van der Waals surface area contributed by atoms with Crippen molar-refractivity contribution in [1.29, 1.82) is 0 Å². The van der Waals surface area contributed by atoms with Gasteiger partial charge in [-0.25, -0.2) is 9.78 Å². The first-order chi connectivity index (χ1) is 7.32. The molecule has 0 bridgehead atoms. The van der Waals surface area contributed by atoms with Crippen molar-refractivity contribution in [3.8, 4) is 0 Å². The zero-order valence-corrected chi connectivity index (χ0v) is 11.9. The van der Waals surface area contributed by atoms with Crippen LogP contribution in [0.15, 0.2) is 22.8 Å². The maximum Gasteiger partial charge on any atom is 0.358 e. The average molecular weight is 347 g/mol. The lowest BCUT2D eigenvalue weighted by Crippen LogP contribution is -2.28. The monoisotopic (exact) mass is 345 g/mol. The molecule has 16 heavy (non-hydrogen) atoms. The third-order valence-electron chi connectivity index (χ3n) is 1.70. The number of aromatic nitrogens is 1. The Morgan fingerprint density at radius 3 is 2.69 bits per heavy atom. The van der Waals surface area contributed by atoms with Crippen LogP contribution >= 0.6 is 50.7 Å². The molecule has 0 spiro atoms. The van der Waals surface area contributed by atoms with E-state index in [1.165, 1.54) is 13.1 Å². The maximum atomic E-state index is 11.6. The molecule has 0 amide bonds. The van der Waals surface area contributed by atoms with Crippen molar-refractivity contribution >= 4 is 56.7 Å². The quantitative estimate of drug-likeness (QED) is 0.604. The Labute approximate surface area is 116 Å². The Morgan fingerprint density at radius 2 is 2.19 bits per heavy atom. The molecule has 0 aliphatic heterocycles. The van der Waals surface area contributed by atoms with E-state index >= 15 is 0 Å².